The van der Waals surface area contributed by atoms with Crippen LogP contribution in [0.4, 0.5) is 5.69 Å². The molecule has 2 heterocycles. The minimum absolute atomic E-state index is 0.00223. The first kappa shape index (κ1) is 22.1. The van der Waals surface area contributed by atoms with Crippen LogP contribution >= 0.6 is 11.8 Å². The highest BCUT2D eigenvalue weighted by atomic mass is 32.2. The van der Waals surface area contributed by atoms with Crippen molar-refractivity contribution >= 4 is 40.5 Å². The van der Waals surface area contributed by atoms with Gasteiger partial charge in [-0.2, -0.15) is 0 Å². The fourth-order valence-electron chi connectivity index (χ4n) is 3.26. The van der Waals surface area contributed by atoms with Crippen molar-refractivity contribution in [3.8, 4) is 5.75 Å². The monoisotopic (exact) mass is 451 g/mol. The molecule has 1 N–H and O–H groups in total. The van der Waals surface area contributed by atoms with Gasteiger partial charge in [0.05, 0.1) is 23.8 Å². The van der Waals surface area contributed by atoms with E-state index in [4.69, 9.17) is 9.47 Å². The highest BCUT2D eigenvalue weighted by Gasteiger charge is 2.23. The first-order chi connectivity index (χ1) is 15.6. The summed E-state index contributed by atoms with van der Waals surface area (Å²) in [5.41, 5.74) is 2.91. The number of amidine groups is 1. The van der Waals surface area contributed by atoms with Gasteiger partial charge in [0.25, 0.3) is 11.8 Å². The highest BCUT2D eigenvalue weighted by molar-refractivity contribution is 8.18. The molecule has 2 fully saturated rings. The van der Waals surface area contributed by atoms with Crippen molar-refractivity contribution in [2.45, 2.75) is 13.3 Å². The predicted molar refractivity (Wildman–Crippen MR) is 126 cm³/mol. The van der Waals surface area contributed by atoms with E-state index in [2.05, 4.69) is 17.2 Å². The predicted octanol–water partition coefficient (Wildman–Crippen LogP) is 3.38. The summed E-state index contributed by atoms with van der Waals surface area (Å²) in [5.74, 6) is 0.389. The first-order valence-electron chi connectivity index (χ1n) is 10.6. The molecule has 0 radical (unpaired) electrons. The van der Waals surface area contributed by atoms with Crippen LogP contribution in [0.3, 0.4) is 0 Å². The third kappa shape index (κ3) is 5.77. The van der Waals surface area contributed by atoms with Gasteiger partial charge in [0.1, 0.15) is 5.75 Å². The number of nitrogens with one attached hydrogen (secondary N) is 1. The summed E-state index contributed by atoms with van der Waals surface area (Å²) in [5, 5.41) is 3.37. The average Bonchev–Trinajstić information content (AvgIpc) is 3.17. The number of thioether (sulfide) groups is 1. The number of ether oxygens (including phenoxy) is 2. The molecule has 2 aliphatic rings. The lowest BCUT2D eigenvalue weighted by molar-refractivity contribution is -0.137. The zero-order valence-electron chi connectivity index (χ0n) is 17.9. The van der Waals surface area contributed by atoms with E-state index in [-0.39, 0.29) is 18.4 Å². The number of aryl methyl sites for hydroxylation is 1. The highest BCUT2D eigenvalue weighted by Crippen LogP contribution is 2.28. The van der Waals surface area contributed by atoms with Crippen molar-refractivity contribution in [1.82, 2.24) is 10.2 Å². The summed E-state index contributed by atoms with van der Waals surface area (Å²) >= 11 is 1.31. The molecule has 0 unspecified atom stereocenters. The molecule has 2 aromatic rings. The van der Waals surface area contributed by atoms with Gasteiger partial charge in [0.15, 0.2) is 11.8 Å². The van der Waals surface area contributed by atoms with Gasteiger partial charge in [0, 0.05) is 13.1 Å². The van der Waals surface area contributed by atoms with Crippen molar-refractivity contribution in [2.75, 3.05) is 32.9 Å². The third-order valence-electron chi connectivity index (χ3n) is 5.13. The van der Waals surface area contributed by atoms with E-state index in [1.54, 1.807) is 17.0 Å². The Hall–Kier alpha value is -3.10. The lowest BCUT2D eigenvalue weighted by Gasteiger charge is -2.26. The van der Waals surface area contributed by atoms with Crippen LogP contribution in [0.25, 0.3) is 6.08 Å². The van der Waals surface area contributed by atoms with E-state index in [1.807, 2.05) is 42.5 Å². The van der Waals surface area contributed by atoms with Crippen molar-refractivity contribution < 1.29 is 19.1 Å². The second kappa shape index (κ2) is 10.5. The maximum atomic E-state index is 12.3. The van der Waals surface area contributed by atoms with Gasteiger partial charge in [-0.1, -0.05) is 31.2 Å². The second-order valence-corrected chi connectivity index (χ2v) is 8.38. The molecule has 0 atom stereocenters. The van der Waals surface area contributed by atoms with Crippen LogP contribution in [0.2, 0.25) is 0 Å². The SMILES string of the molecule is CCc1ccc(N=C2NC(=O)/C(=C/c3ccc(OCC(=O)N4CCOCC4)cc3)S2)cc1. The molecular formula is C24H25N3O4S. The average molecular weight is 452 g/mol. The van der Waals surface area contributed by atoms with Crippen LogP contribution in [0.1, 0.15) is 18.1 Å². The Bertz CT molecular complexity index is 1030. The Labute approximate surface area is 191 Å². The standard InChI is InChI=1S/C24H25N3O4S/c1-2-17-3-7-19(8-4-17)25-24-26-23(29)21(32-24)15-18-5-9-20(10-6-18)31-16-22(28)27-11-13-30-14-12-27/h3-10,15H,2,11-14,16H2,1H3,(H,25,26,29)/b21-15-. The van der Waals surface area contributed by atoms with Crippen molar-refractivity contribution in [1.29, 1.82) is 0 Å². The molecule has 32 heavy (non-hydrogen) atoms. The maximum Gasteiger partial charge on any atom is 0.264 e. The van der Waals surface area contributed by atoms with E-state index in [0.717, 1.165) is 17.7 Å². The summed E-state index contributed by atoms with van der Waals surface area (Å²) in [6, 6.07) is 15.3. The second-order valence-electron chi connectivity index (χ2n) is 7.35. The van der Waals surface area contributed by atoms with Gasteiger partial charge in [0.2, 0.25) is 0 Å². The number of hydrogen-bond donors (Lipinski definition) is 1. The molecule has 7 nitrogen and oxygen atoms in total. The van der Waals surface area contributed by atoms with Gasteiger partial charge in [-0.15, -0.1) is 0 Å². The molecule has 0 saturated carbocycles. The number of amides is 2. The van der Waals surface area contributed by atoms with E-state index in [1.165, 1.54) is 17.3 Å². The van der Waals surface area contributed by atoms with Crippen LogP contribution in [0.15, 0.2) is 58.4 Å². The molecule has 0 aromatic heterocycles. The van der Waals surface area contributed by atoms with Crippen LogP contribution in [0.5, 0.6) is 5.75 Å². The lowest BCUT2D eigenvalue weighted by atomic mass is 10.2. The fraction of sp³-hybridized carbons (Fsp3) is 0.292. The van der Waals surface area contributed by atoms with Gasteiger partial charge < -0.3 is 19.7 Å². The Kier molecular flexibility index (Phi) is 7.24. The number of aliphatic imine (C=N–C) groups is 1. The Balaban J connectivity index is 1.34. The van der Waals surface area contributed by atoms with E-state index < -0.39 is 0 Å². The zero-order valence-corrected chi connectivity index (χ0v) is 18.7. The molecule has 0 spiro atoms. The number of hydrogen-bond acceptors (Lipinski definition) is 6. The molecular weight excluding hydrogens is 426 g/mol. The summed E-state index contributed by atoms with van der Waals surface area (Å²) in [4.78, 5) is 31.3. The topological polar surface area (TPSA) is 80.2 Å². The number of nitrogens with zero attached hydrogens (tertiary/aromatic N) is 2. The minimum Gasteiger partial charge on any atom is -0.484 e. The van der Waals surface area contributed by atoms with Gasteiger partial charge in [-0.3, -0.25) is 9.59 Å². The molecule has 2 aromatic carbocycles. The van der Waals surface area contributed by atoms with E-state index in [9.17, 15) is 9.59 Å². The fourth-order valence-corrected chi connectivity index (χ4v) is 4.11. The molecule has 2 amide bonds. The Morgan fingerprint density at radius 1 is 1.16 bits per heavy atom. The quantitative estimate of drug-likeness (QED) is 0.681. The molecule has 0 aliphatic carbocycles. The summed E-state index contributed by atoms with van der Waals surface area (Å²) in [6.45, 7) is 4.44. The van der Waals surface area contributed by atoms with E-state index in [0.29, 0.717) is 42.1 Å². The summed E-state index contributed by atoms with van der Waals surface area (Å²) in [7, 11) is 0. The molecule has 166 valence electrons. The van der Waals surface area contributed by atoms with Gasteiger partial charge in [-0.25, -0.2) is 4.99 Å². The van der Waals surface area contributed by atoms with Gasteiger partial charge in [-0.05, 0) is 59.7 Å². The molecule has 2 aliphatic heterocycles. The number of rotatable bonds is 6. The van der Waals surface area contributed by atoms with Crippen molar-refractivity contribution in [2.24, 2.45) is 4.99 Å². The number of carbonyl (C=O) groups is 2. The zero-order chi connectivity index (χ0) is 22.3. The number of benzene rings is 2. The first-order valence-corrected chi connectivity index (χ1v) is 11.4. The van der Waals surface area contributed by atoms with Crippen molar-refractivity contribution in [3.63, 3.8) is 0 Å². The van der Waals surface area contributed by atoms with Crippen LogP contribution in [-0.4, -0.2) is 54.8 Å². The molecule has 8 heteroatoms. The van der Waals surface area contributed by atoms with Crippen LogP contribution in [0, 0.1) is 0 Å². The van der Waals surface area contributed by atoms with Crippen LogP contribution in [-0.2, 0) is 20.7 Å². The lowest BCUT2D eigenvalue weighted by Crippen LogP contribution is -2.42. The van der Waals surface area contributed by atoms with Crippen molar-refractivity contribution in [3.05, 3.63) is 64.6 Å². The third-order valence-corrected chi connectivity index (χ3v) is 6.04. The normalized spacial score (nSPS) is 18.8. The number of morpholine rings is 1. The Morgan fingerprint density at radius 2 is 1.88 bits per heavy atom. The molecule has 0 bridgehead atoms. The minimum atomic E-state index is -0.171. The largest absolute Gasteiger partial charge is 0.484 e. The van der Waals surface area contributed by atoms with Crippen LogP contribution < -0.4 is 10.1 Å². The number of carbonyl (C=O) groups excluding carboxylic acids is 2. The molecule has 4 rings (SSSR count). The van der Waals surface area contributed by atoms with Gasteiger partial charge >= 0.3 is 0 Å². The smallest absolute Gasteiger partial charge is 0.264 e. The summed E-state index contributed by atoms with van der Waals surface area (Å²) in [6.07, 6.45) is 2.79. The maximum absolute atomic E-state index is 12.3. The van der Waals surface area contributed by atoms with E-state index >= 15 is 0 Å². The Morgan fingerprint density at radius 3 is 2.56 bits per heavy atom. The molecule has 2 saturated heterocycles. The summed E-state index contributed by atoms with van der Waals surface area (Å²) < 4.78 is 10.9.